The van der Waals surface area contributed by atoms with E-state index in [1.165, 1.54) is 12.1 Å². The zero-order chi connectivity index (χ0) is 12.1. The van der Waals surface area contributed by atoms with Gasteiger partial charge in [0, 0.05) is 6.07 Å². The first-order valence-electron chi connectivity index (χ1n) is 5.24. The standard InChI is InChI=1S/C12H15FO3/c1-2-3-8(6-12(15)16)9-4-10(13)7-11(14)5-9/h4-5,7-8,14H,2-3,6H2,1H3,(H,15,16)/t8-/m1/s1. The Bertz CT molecular complexity index is 356. The van der Waals surface area contributed by atoms with E-state index in [1.54, 1.807) is 0 Å². The van der Waals surface area contributed by atoms with Crippen molar-refractivity contribution in [3.63, 3.8) is 0 Å². The van der Waals surface area contributed by atoms with Crippen LogP contribution < -0.4 is 0 Å². The highest BCUT2D eigenvalue weighted by Gasteiger charge is 2.16. The highest BCUT2D eigenvalue weighted by molar-refractivity contribution is 5.68. The molecular weight excluding hydrogens is 211 g/mol. The molecule has 0 radical (unpaired) electrons. The lowest BCUT2D eigenvalue weighted by Crippen LogP contribution is -2.06. The van der Waals surface area contributed by atoms with Gasteiger partial charge in [0.05, 0.1) is 6.42 Å². The van der Waals surface area contributed by atoms with Gasteiger partial charge in [0.25, 0.3) is 0 Å². The number of halogens is 1. The topological polar surface area (TPSA) is 57.5 Å². The number of hydrogen-bond donors (Lipinski definition) is 2. The van der Waals surface area contributed by atoms with Crippen molar-refractivity contribution in [2.75, 3.05) is 0 Å². The minimum Gasteiger partial charge on any atom is -0.508 e. The van der Waals surface area contributed by atoms with Gasteiger partial charge in [-0.2, -0.15) is 0 Å². The number of carbonyl (C=O) groups is 1. The average Bonchev–Trinajstić information content (AvgIpc) is 2.14. The van der Waals surface area contributed by atoms with Crippen LogP contribution in [0, 0.1) is 5.82 Å². The molecule has 1 rings (SSSR count). The van der Waals surface area contributed by atoms with Crippen LogP contribution >= 0.6 is 0 Å². The lowest BCUT2D eigenvalue weighted by atomic mass is 9.91. The van der Waals surface area contributed by atoms with Gasteiger partial charge in [0.2, 0.25) is 0 Å². The zero-order valence-electron chi connectivity index (χ0n) is 9.11. The summed E-state index contributed by atoms with van der Waals surface area (Å²) in [6.45, 7) is 1.94. The first-order valence-corrected chi connectivity index (χ1v) is 5.24. The van der Waals surface area contributed by atoms with Crippen molar-refractivity contribution in [1.29, 1.82) is 0 Å². The lowest BCUT2D eigenvalue weighted by Gasteiger charge is -2.14. The van der Waals surface area contributed by atoms with E-state index >= 15 is 0 Å². The van der Waals surface area contributed by atoms with Crippen LogP contribution in [0.3, 0.4) is 0 Å². The third-order valence-corrected chi connectivity index (χ3v) is 2.43. The van der Waals surface area contributed by atoms with Crippen LogP contribution in [0.15, 0.2) is 18.2 Å². The summed E-state index contributed by atoms with van der Waals surface area (Å²) in [6.07, 6.45) is 1.43. The summed E-state index contributed by atoms with van der Waals surface area (Å²) in [5.74, 6) is -1.87. The molecule has 1 aromatic carbocycles. The fraction of sp³-hybridized carbons (Fsp3) is 0.417. The van der Waals surface area contributed by atoms with E-state index in [4.69, 9.17) is 5.11 Å². The van der Waals surface area contributed by atoms with Gasteiger partial charge >= 0.3 is 5.97 Å². The molecule has 0 aliphatic carbocycles. The highest BCUT2D eigenvalue weighted by atomic mass is 19.1. The Labute approximate surface area is 93.5 Å². The monoisotopic (exact) mass is 226 g/mol. The Morgan fingerprint density at radius 3 is 2.62 bits per heavy atom. The van der Waals surface area contributed by atoms with E-state index in [9.17, 15) is 14.3 Å². The summed E-state index contributed by atoms with van der Waals surface area (Å²) in [6, 6.07) is 3.71. The summed E-state index contributed by atoms with van der Waals surface area (Å²) in [5.41, 5.74) is 0.543. The van der Waals surface area contributed by atoms with Gasteiger partial charge in [0.15, 0.2) is 0 Å². The summed E-state index contributed by atoms with van der Waals surface area (Å²) in [5, 5.41) is 18.0. The second-order valence-electron chi connectivity index (χ2n) is 3.83. The first-order chi connectivity index (χ1) is 7.52. The molecule has 0 aliphatic rings. The molecule has 3 nitrogen and oxygen atoms in total. The molecule has 0 amide bonds. The molecule has 0 saturated carbocycles. The molecule has 4 heteroatoms. The van der Waals surface area contributed by atoms with Crippen LogP contribution in [0.1, 0.15) is 37.7 Å². The minimum atomic E-state index is -0.915. The molecule has 1 aromatic rings. The third-order valence-electron chi connectivity index (χ3n) is 2.43. The molecule has 88 valence electrons. The Morgan fingerprint density at radius 1 is 1.44 bits per heavy atom. The second-order valence-corrected chi connectivity index (χ2v) is 3.83. The Hall–Kier alpha value is -1.58. The quantitative estimate of drug-likeness (QED) is 0.811. The summed E-state index contributed by atoms with van der Waals surface area (Å²) >= 11 is 0. The molecule has 0 heterocycles. The maximum atomic E-state index is 13.1. The van der Waals surface area contributed by atoms with Crippen molar-refractivity contribution < 1.29 is 19.4 Å². The summed E-state index contributed by atoms with van der Waals surface area (Å²) < 4.78 is 13.1. The Balaban J connectivity index is 2.95. The Kier molecular flexibility index (Phi) is 4.28. The molecule has 0 saturated heterocycles. The number of phenolic OH excluding ortho intramolecular Hbond substituents is 1. The molecule has 0 fully saturated rings. The number of phenols is 1. The van der Waals surface area contributed by atoms with Gasteiger partial charge in [-0.3, -0.25) is 4.79 Å². The fourth-order valence-electron chi connectivity index (χ4n) is 1.78. The highest BCUT2D eigenvalue weighted by Crippen LogP contribution is 2.28. The number of aliphatic carboxylic acids is 1. The van der Waals surface area contributed by atoms with Crippen molar-refractivity contribution in [3.05, 3.63) is 29.6 Å². The van der Waals surface area contributed by atoms with Gasteiger partial charge in [-0.05, 0) is 30.0 Å². The molecule has 16 heavy (non-hydrogen) atoms. The minimum absolute atomic E-state index is 0.0449. The summed E-state index contributed by atoms with van der Waals surface area (Å²) in [7, 11) is 0. The predicted molar refractivity (Wildman–Crippen MR) is 58.0 cm³/mol. The SMILES string of the molecule is CCC[C@H](CC(=O)O)c1cc(O)cc(F)c1. The van der Waals surface area contributed by atoms with E-state index in [0.717, 1.165) is 12.5 Å². The molecule has 0 aromatic heterocycles. The molecule has 0 unspecified atom stereocenters. The molecule has 1 atom stereocenters. The first kappa shape index (κ1) is 12.5. The van der Waals surface area contributed by atoms with Crippen molar-refractivity contribution in [1.82, 2.24) is 0 Å². The van der Waals surface area contributed by atoms with Gasteiger partial charge in [-0.25, -0.2) is 4.39 Å². The van der Waals surface area contributed by atoms with Crippen molar-refractivity contribution in [2.45, 2.75) is 32.1 Å². The zero-order valence-corrected chi connectivity index (χ0v) is 9.11. The molecule has 2 N–H and O–H groups in total. The number of aromatic hydroxyl groups is 1. The average molecular weight is 226 g/mol. The van der Waals surface area contributed by atoms with Crippen LogP contribution in [0.2, 0.25) is 0 Å². The van der Waals surface area contributed by atoms with E-state index in [2.05, 4.69) is 0 Å². The maximum Gasteiger partial charge on any atom is 0.303 e. The second kappa shape index (κ2) is 5.49. The molecule has 0 bridgehead atoms. The van der Waals surface area contributed by atoms with Crippen LogP contribution in [-0.4, -0.2) is 16.2 Å². The van der Waals surface area contributed by atoms with E-state index in [-0.39, 0.29) is 18.1 Å². The van der Waals surface area contributed by atoms with E-state index in [1.807, 2.05) is 6.92 Å². The van der Waals surface area contributed by atoms with Gasteiger partial charge < -0.3 is 10.2 Å². The largest absolute Gasteiger partial charge is 0.508 e. The van der Waals surface area contributed by atoms with Gasteiger partial charge in [-0.15, -0.1) is 0 Å². The van der Waals surface area contributed by atoms with Gasteiger partial charge in [-0.1, -0.05) is 13.3 Å². The number of hydrogen-bond acceptors (Lipinski definition) is 2. The predicted octanol–water partition coefficient (Wildman–Crippen LogP) is 2.89. The molecular formula is C12H15FO3. The van der Waals surface area contributed by atoms with E-state index in [0.29, 0.717) is 12.0 Å². The van der Waals surface area contributed by atoms with Crippen LogP contribution in [-0.2, 0) is 4.79 Å². The van der Waals surface area contributed by atoms with Crippen molar-refractivity contribution in [3.8, 4) is 5.75 Å². The van der Waals surface area contributed by atoms with Crippen molar-refractivity contribution >= 4 is 5.97 Å². The number of rotatable bonds is 5. The third kappa shape index (κ3) is 3.53. The van der Waals surface area contributed by atoms with Crippen LogP contribution in [0.25, 0.3) is 0 Å². The number of carboxylic acid groups (broad SMARTS) is 1. The smallest absolute Gasteiger partial charge is 0.303 e. The van der Waals surface area contributed by atoms with Crippen molar-refractivity contribution in [2.24, 2.45) is 0 Å². The lowest BCUT2D eigenvalue weighted by molar-refractivity contribution is -0.137. The maximum absolute atomic E-state index is 13.1. The number of benzene rings is 1. The fourth-order valence-corrected chi connectivity index (χ4v) is 1.78. The molecule has 0 aliphatic heterocycles. The Morgan fingerprint density at radius 2 is 2.12 bits per heavy atom. The molecule has 0 spiro atoms. The van der Waals surface area contributed by atoms with Crippen LogP contribution in [0.4, 0.5) is 4.39 Å². The van der Waals surface area contributed by atoms with Crippen LogP contribution in [0.5, 0.6) is 5.75 Å². The normalized spacial score (nSPS) is 12.4. The van der Waals surface area contributed by atoms with Gasteiger partial charge in [0.1, 0.15) is 11.6 Å². The van der Waals surface area contributed by atoms with E-state index < -0.39 is 11.8 Å². The summed E-state index contributed by atoms with van der Waals surface area (Å²) in [4.78, 5) is 10.7. The number of carboxylic acids is 1.